The van der Waals surface area contributed by atoms with E-state index in [-0.39, 0.29) is 5.91 Å². The van der Waals surface area contributed by atoms with E-state index in [1.807, 2.05) is 6.07 Å². The Morgan fingerprint density at radius 2 is 1.88 bits per heavy atom. The molecule has 3 aromatic rings. The van der Waals surface area contributed by atoms with Crippen molar-refractivity contribution in [3.63, 3.8) is 0 Å². The highest BCUT2D eigenvalue weighted by Crippen LogP contribution is 2.28. The number of amides is 3. The van der Waals surface area contributed by atoms with Gasteiger partial charge in [0.2, 0.25) is 5.91 Å². The highest BCUT2D eigenvalue weighted by Gasteiger charge is 2.09. The lowest BCUT2D eigenvalue weighted by Gasteiger charge is -2.08. The predicted molar refractivity (Wildman–Crippen MR) is 98.0 cm³/mol. The van der Waals surface area contributed by atoms with Crippen LogP contribution in [0.1, 0.15) is 6.92 Å². The van der Waals surface area contributed by atoms with E-state index >= 15 is 0 Å². The van der Waals surface area contributed by atoms with Gasteiger partial charge in [0.25, 0.3) is 0 Å². The van der Waals surface area contributed by atoms with Crippen LogP contribution in [-0.2, 0) is 4.79 Å². The molecule has 122 valence electrons. The minimum Gasteiger partial charge on any atom is -0.308 e. The number of carbonyl (C=O) groups excluding carboxylic acids is 2. The Labute approximate surface area is 146 Å². The molecule has 0 radical (unpaired) electrons. The van der Waals surface area contributed by atoms with Crippen LogP contribution >= 0.6 is 22.9 Å². The fourth-order valence-electron chi connectivity index (χ4n) is 2.06. The molecule has 1 aromatic heterocycles. The number of para-hydroxylation sites is 1. The van der Waals surface area contributed by atoms with Gasteiger partial charge in [0.1, 0.15) is 0 Å². The van der Waals surface area contributed by atoms with Crippen molar-refractivity contribution in [3.05, 3.63) is 47.5 Å². The van der Waals surface area contributed by atoms with E-state index in [1.54, 1.807) is 36.4 Å². The summed E-state index contributed by atoms with van der Waals surface area (Å²) in [4.78, 5) is 27.5. The normalized spacial score (nSPS) is 10.4. The monoisotopic (exact) mass is 360 g/mol. The Balaban J connectivity index is 1.73. The van der Waals surface area contributed by atoms with Crippen molar-refractivity contribution >= 4 is 61.6 Å². The number of hydrogen-bond donors (Lipinski definition) is 3. The van der Waals surface area contributed by atoms with Crippen LogP contribution in [0.15, 0.2) is 42.5 Å². The zero-order valence-corrected chi connectivity index (χ0v) is 14.2. The summed E-state index contributed by atoms with van der Waals surface area (Å²) in [6.45, 7) is 1.43. The standard InChI is InChI=1S/C16H13ClN4O2S/c1-9(22)18-16-21-13-8-10(6-7-14(13)24-16)19-15(23)20-12-5-3-2-4-11(12)17/h2-8H,1H3,(H,18,21,22)(H2,19,20,23). The number of carbonyl (C=O) groups is 2. The summed E-state index contributed by atoms with van der Waals surface area (Å²) in [5.74, 6) is -0.175. The van der Waals surface area contributed by atoms with E-state index in [4.69, 9.17) is 11.6 Å². The van der Waals surface area contributed by atoms with Crippen LogP contribution in [0.3, 0.4) is 0 Å². The number of thiazole rings is 1. The van der Waals surface area contributed by atoms with E-state index in [0.717, 1.165) is 4.70 Å². The second-order valence-electron chi connectivity index (χ2n) is 4.94. The minimum absolute atomic E-state index is 0.175. The highest BCUT2D eigenvalue weighted by molar-refractivity contribution is 7.22. The lowest BCUT2D eigenvalue weighted by Crippen LogP contribution is -2.19. The third kappa shape index (κ3) is 3.81. The van der Waals surface area contributed by atoms with Gasteiger partial charge in [-0.1, -0.05) is 35.1 Å². The number of aromatic nitrogens is 1. The Kier molecular flexibility index (Phi) is 4.64. The topological polar surface area (TPSA) is 83.1 Å². The van der Waals surface area contributed by atoms with Crippen LogP contribution in [0.5, 0.6) is 0 Å². The number of hydrogen-bond acceptors (Lipinski definition) is 4. The average molecular weight is 361 g/mol. The van der Waals surface area contributed by atoms with E-state index in [0.29, 0.717) is 27.0 Å². The molecule has 0 bridgehead atoms. The highest BCUT2D eigenvalue weighted by atomic mass is 35.5. The number of urea groups is 1. The summed E-state index contributed by atoms with van der Waals surface area (Å²) in [5.41, 5.74) is 1.81. The number of nitrogens with zero attached hydrogens (tertiary/aromatic N) is 1. The van der Waals surface area contributed by atoms with E-state index in [2.05, 4.69) is 20.9 Å². The van der Waals surface area contributed by atoms with Crippen molar-refractivity contribution in [3.8, 4) is 0 Å². The first kappa shape index (κ1) is 16.2. The fourth-order valence-corrected chi connectivity index (χ4v) is 3.13. The largest absolute Gasteiger partial charge is 0.323 e. The maximum atomic E-state index is 12.1. The molecular formula is C16H13ClN4O2S. The van der Waals surface area contributed by atoms with Gasteiger partial charge in [-0.15, -0.1) is 0 Å². The lowest BCUT2D eigenvalue weighted by molar-refractivity contribution is -0.114. The maximum Gasteiger partial charge on any atom is 0.323 e. The molecule has 3 rings (SSSR count). The third-order valence-corrected chi connectivity index (χ3v) is 4.33. The molecule has 0 atom stereocenters. The molecule has 0 aliphatic carbocycles. The second-order valence-corrected chi connectivity index (χ2v) is 6.38. The first-order valence-corrected chi connectivity index (χ1v) is 8.21. The molecule has 0 aliphatic rings. The van der Waals surface area contributed by atoms with Crippen molar-refractivity contribution in [1.82, 2.24) is 4.98 Å². The molecule has 0 fully saturated rings. The van der Waals surface area contributed by atoms with Crippen molar-refractivity contribution in [2.45, 2.75) is 6.92 Å². The predicted octanol–water partition coefficient (Wildman–Crippen LogP) is 4.55. The third-order valence-electron chi connectivity index (χ3n) is 3.05. The molecule has 8 heteroatoms. The van der Waals surface area contributed by atoms with Gasteiger partial charge < -0.3 is 16.0 Å². The molecule has 0 saturated carbocycles. The number of fused-ring (bicyclic) bond motifs is 1. The number of halogens is 1. The maximum absolute atomic E-state index is 12.1. The smallest absolute Gasteiger partial charge is 0.308 e. The van der Waals surface area contributed by atoms with Gasteiger partial charge in [-0.3, -0.25) is 4.79 Å². The summed E-state index contributed by atoms with van der Waals surface area (Å²) in [6, 6.07) is 11.9. The average Bonchev–Trinajstić information content (AvgIpc) is 2.90. The molecule has 0 saturated heterocycles. The van der Waals surface area contributed by atoms with Crippen molar-refractivity contribution < 1.29 is 9.59 Å². The first-order valence-electron chi connectivity index (χ1n) is 7.02. The molecule has 3 amide bonds. The molecule has 2 aromatic carbocycles. The molecule has 0 aliphatic heterocycles. The molecule has 1 heterocycles. The van der Waals surface area contributed by atoms with Crippen LogP contribution in [0, 0.1) is 0 Å². The molecule has 0 unspecified atom stereocenters. The minimum atomic E-state index is -0.403. The Morgan fingerprint density at radius 1 is 1.08 bits per heavy atom. The molecule has 6 nitrogen and oxygen atoms in total. The fraction of sp³-hybridized carbons (Fsp3) is 0.0625. The van der Waals surface area contributed by atoms with Crippen molar-refractivity contribution in [2.75, 3.05) is 16.0 Å². The number of anilines is 3. The summed E-state index contributed by atoms with van der Waals surface area (Å²) in [6.07, 6.45) is 0. The molecular weight excluding hydrogens is 348 g/mol. The summed E-state index contributed by atoms with van der Waals surface area (Å²) >= 11 is 7.38. The van der Waals surface area contributed by atoms with Gasteiger partial charge in [0.15, 0.2) is 5.13 Å². The van der Waals surface area contributed by atoms with Gasteiger partial charge in [-0.25, -0.2) is 9.78 Å². The molecule has 24 heavy (non-hydrogen) atoms. The van der Waals surface area contributed by atoms with Crippen LogP contribution in [0.25, 0.3) is 10.2 Å². The van der Waals surface area contributed by atoms with E-state index < -0.39 is 6.03 Å². The lowest BCUT2D eigenvalue weighted by atomic mass is 10.3. The number of benzene rings is 2. The van der Waals surface area contributed by atoms with E-state index in [9.17, 15) is 9.59 Å². The van der Waals surface area contributed by atoms with Crippen LogP contribution in [0.2, 0.25) is 5.02 Å². The van der Waals surface area contributed by atoms with Gasteiger partial charge in [0.05, 0.1) is 20.9 Å². The molecule has 3 N–H and O–H groups in total. The Hall–Kier alpha value is -2.64. The van der Waals surface area contributed by atoms with Crippen LogP contribution < -0.4 is 16.0 Å². The molecule has 0 spiro atoms. The van der Waals surface area contributed by atoms with Crippen LogP contribution in [0.4, 0.5) is 21.3 Å². The van der Waals surface area contributed by atoms with Crippen molar-refractivity contribution in [2.24, 2.45) is 0 Å². The Morgan fingerprint density at radius 3 is 2.62 bits per heavy atom. The zero-order valence-electron chi connectivity index (χ0n) is 12.6. The van der Waals surface area contributed by atoms with Gasteiger partial charge in [0, 0.05) is 12.6 Å². The quantitative estimate of drug-likeness (QED) is 0.640. The summed E-state index contributed by atoms with van der Waals surface area (Å²) in [5, 5.41) is 9.04. The van der Waals surface area contributed by atoms with Crippen LogP contribution in [-0.4, -0.2) is 16.9 Å². The summed E-state index contributed by atoms with van der Waals surface area (Å²) in [7, 11) is 0. The first-order chi connectivity index (χ1) is 11.5. The van der Waals surface area contributed by atoms with Gasteiger partial charge in [-0.05, 0) is 30.3 Å². The van der Waals surface area contributed by atoms with Gasteiger partial charge in [-0.2, -0.15) is 0 Å². The number of nitrogens with one attached hydrogen (secondary N) is 3. The van der Waals surface area contributed by atoms with E-state index in [1.165, 1.54) is 18.3 Å². The SMILES string of the molecule is CC(=O)Nc1nc2cc(NC(=O)Nc3ccccc3Cl)ccc2s1. The second kappa shape index (κ2) is 6.86. The van der Waals surface area contributed by atoms with Crippen molar-refractivity contribution in [1.29, 1.82) is 0 Å². The summed E-state index contributed by atoms with van der Waals surface area (Å²) < 4.78 is 0.913. The number of rotatable bonds is 3. The van der Waals surface area contributed by atoms with Gasteiger partial charge >= 0.3 is 6.03 Å². The zero-order chi connectivity index (χ0) is 17.1. The Bertz CT molecular complexity index is 925.